The van der Waals surface area contributed by atoms with E-state index in [2.05, 4.69) is 45.2 Å². The highest BCUT2D eigenvalue weighted by molar-refractivity contribution is 7.46. The number of aryl methyl sites for hydroxylation is 1. The van der Waals surface area contributed by atoms with Gasteiger partial charge in [0.25, 0.3) is 0 Å². The summed E-state index contributed by atoms with van der Waals surface area (Å²) in [5.41, 5.74) is 11.7. The van der Waals surface area contributed by atoms with Crippen LogP contribution >= 0.6 is 7.82 Å². The highest BCUT2D eigenvalue weighted by Gasteiger charge is 2.61. The smallest absolute Gasteiger partial charge is 0.425 e. The lowest BCUT2D eigenvalue weighted by Gasteiger charge is -2.61. The summed E-state index contributed by atoms with van der Waals surface area (Å²) in [7, 11) is -4.62. The zero-order valence-electron chi connectivity index (χ0n) is 23.7. The lowest BCUT2D eigenvalue weighted by atomic mass is 9.43. The third kappa shape index (κ3) is 5.19. The molecule has 0 aromatic heterocycles. The average Bonchev–Trinajstić information content (AvgIpc) is 3.13. The van der Waals surface area contributed by atoms with Gasteiger partial charge in [-0.15, -0.1) is 0 Å². The summed E-state index contributed by atoms with van der Waals surface area (Å²) in [6.45, 7) is 12.1. The fraction of sp³-hybridized carbons (Fsp3) is 0.581. The number of nitrogens with two attached hydrogens (primary N) is 1. The summed E-state index contributed by atoms with van der Waals surface area (Å²) in [6.07, 6.45) is 7.63. The fourth-order valence-electron chi connectivity index (χ4n) is 8.84. The first-order valence-corrected chi connectivity index (χ1v) is 15.6. The summed E-state index contributed by atoms with van der Waals surface area (Å²) in [5.74, 6) is 1.41. The molecule has 8 heteroatoms. The molecule has 2 aromatic rings. The van der Waals surface area contributed by atoms with Gasteiger partial charge in [0.05, 0.1) is 0 Å². The van der Waals surface area contributed by atoms with Crippen molar-refractivity contribution in [3.63, 3.8) is 0 Å². The van der Waals surface area contributed by atoms with Crippen LogP contribution in [0.5, 0.6) is 11.5 Å². The van der Waals surface area contributed by atoms with Gasteiger partial charge in [0.2, 0.25) is 0 Å². The number of esters is 1. The van der Waals surface area contributed by atoms with Gasteiger partial charge in [-0.1, -0.05) is 46.2 Å². The number of carbonyl (C=O) groups is 1. The molecule has 0 bridgehead atoms. The maximum atomic E-state index is 12.9. The van der Waals surface area contributed by atoms with E-state index in [4.69, 9.17) is 20.3 Å². The largest absolute Gasteiger partial charge is 0.524 e. The summed E-state index contributed by atoms with van der Waals surface area (Å²) in [5, 5.41) is 0. The molecule has 39 heavy (non-hydrogen) atoms. The molecule has 3 aliphatic rings. The highest BCUT2D eigenvalue weighted by Crippen LogP contribution is 2.68. The average molecular weight is 556 g/mol. The molecule has 5 atom stereocenters. The van der Waals surface area contributed by atoms with Crippen molar-refractivity contribution in [1.29, 1.82) is 0 Å². The minimum atomic E-state index is -4.62. The Bertz CT molecular complexity index is 1320. The number of rotatable bonds is 6. The predicted octanol–water partition coefficient (Wildman–Crippen LogP) is 6.00. The van der Waals surface area contributed by atoms with E-state index in [1.54, 1.807) is 12.1 Å². The van der Waals surface area contributed by atoms with Gasteiger partial charge in [0.1, 0.15) is 17.5 Å². The van der Waals surface area contributed by atoms with Crippen molar-refractivity contribution >= 4 is 13.8 Å². The highest BCUT2D eigenvalue weighted by atomic mass is 31.2. The molecule has 3 unspecified atom stereocenters. The van der Waals surface area contributed by atoms with E-state index in [0.29, 0.717) is 22.5 Å². The van der Waals surface area contributed by atoms with Crippen LogP contribution in [0.4, 0.5) is 0 Å². The molecule has 212 valence electrons. The first kappa shape index (κ1) is 28.4. The number of benzene rings is 2. The van der Waals surface area contributed by atoms with E-state index in [0.717, 1.165) is 17.9 Å². The number of fused-ring (bicyclic) bond motifs is 5. The van der Waals surface area contributed by atoms with Crippen molar-refractivity contribution in [2.45, 2.75) is 91.0 Å². The number of carbonyl (C=O) groups excluding carboxylic acids is 1. The maximum Gasteiger partial charge on any atom is 0.524 e. The summed E-state index contributed by atoms with van der Waals surface area (Å²) in [6, 6.07) is 9.31. The van der Waals surface area contributed by atoms with Crippen LogP contribution in [0.1, 0.15) is 82.1 Å². The molecular formula is C31H42NO6P. The van der Waals surface area contributed by atoms with Gasteiger partial charge in [-0.3, -0.25) is 9.79 Å². The zero-order chi connectivity index (χ0) is 28.4. The van der Waals surface area contributed by atoms with E-state index in [-0.39, 0.29) is 17.6 Å². The summed E-state index contributed by atoms with van der Waals surface area (Å²) >= 11 is 0. The predicted molar refractivity (Wildman–Crippen MR) is 151 cm³/mol. The van der Waals surface area contributed by atoms with Crippen molar-refractivity contribution in [3.8, 4) is 11.5 Å². The van der Waals surface area contributed by atoms with Crippen LogP contribution in [-0.4, -0.2) is 21.8 Å². The second-order valence-electron chi connectivity index (χ2n) is 13.3. The van der Waals surface area contributed by atoms with E-state index < -0.39 is 19.8 Å². The minimum Gasteiger partial charge on any atom is -0.425 e. The SMILES string of the molecule is Cc1cc(OC(=O)C(N)Cc2ccc(OP(=O)(O)O)cc2)cc2c1C1(C)CCC3C(C)(C)CCC[C@]3(C)[C@H]1C2. The Morgan fingerprint density at radius 1 is 1.05 bits per heavy atom. The second-order valence-corrected chi connectivity index (χ2v) is 14.5. The van der Waals surface area contributed by atoms with Crippen LogP contribution in [0.3, 0.4) is 0 Å². The number of phosphoric ester groups is 1. The van der Waals surface area contributed by atoms with Crippen LogP contribution in [0.15, 0.2) is 36.4 Å². The Labute approximate surface area is 231 Å². The van der Waals surface area contributed by atoms with Gasteiger partial charge >= 0.3 is 13.8 Å². The first-order chi connectivity index (χ1) is 18.1. The maximum absolute atomic E-state index is 12.9. The van der Waals surface area contributed by atoms with E-state index in [1.165, 1.54) is 60.9 Å². The molecule has 2 saturated carbocycles. The van der Waals surface area contributed by atoms with E-state index in [1.807, 2.05) is 6.07 Å². The van der Waals surface area contributed by atoms with Gasteiger partial charge in [-0.2, -0.15) is 0 Å². The Hall–Kier alpha value is -2.18. The van der Waals surface area contributed by atoms with Gasteiger partial charge in [-0.25, -0.2) is 9.36 Å². The fourth-order valence-corrected chi connectivity index (χ4v) is 9.24. The van der Waals surface area contributed by atoms with Crippen molar-refractivity contribution in [1.82, 2.24) is 0 Å². The lowest BCUT2D eigenvalue weighted by Crippen LogP contribution is -2.55. The molecule has 0 saturated heterocycles. The molecule has 7 nitrogen and oxygen atoms in total. The van der Waals surface area contributed by atoms with Gasteiger partial charge in [0.15, 0.2) is 0 Å². The summed E-state index contributed by atoms with van der Waals surface area (Å²) in [4.78, 5) is 30.8. The van der Waals surface area contributed by atoms with Crippen molar-refractivity contribution < 1.29 is 28.4 Å². The number of hydrogen-bond acceptors (Lipinski definition) is 5. The Morgan fingerprint density at radius 3 is 2.41 bits per heavy atom. The quantitative estimate of drug-likeness (QED) is 0.227. The molecule has 2 aromatic carbocycles. The summed E-state index contributed by atoms with van der Waals surface area (Å²) < 4.78 is 21.4. The monoisotopic (exact) mass is 555 g/mol. The molecule has 0 spiro atoms. The van der Waals surface area contributed by atoms with Gasteiger partial charge in [-0.05, 0) is 120 Å². The van der Waals surface area contributed by atoms with Crippen molar-refractivity contribution in [2.75, 3.05) is 0 Å². The normalized spacial score (nSPS) is 30.1. The Balaban J connectivity index is 1.31. The van der Waals surface area contributed by atoms with Crippen molar-refractivity contribution in [3.05, 3.63) is 58.7 Å². The van der Waals surface area contributed by atoms with Crippen LogP contribution in [0.2, 0.25) is 0 Å². The molecule has 0 heterocycles. The zero-order valence-corrected chi connectivity index (χ0v) is 24.6. The van der Waals surface area contributed by atoms with Gasteiger partial charge < -0.3 is 15.0 Å². The minimum absolute atomic E-state index is 0.0445. The molecular weight excluding hydrogens is 513 g/mol. The Kier molecular flexibility index (Phi) is 7.07. The van der Waals surface area contributed by atoms with Crippen LogP contribution < -0.4 is 15.0 Å². The Morgan fingerprint density at radius 2 is 1.74 bits per heavy atom. The standard InChI is InChI=1S/C31H42NO6P/c1-19-15-23(37-28(33)24(32)16-20-7-9-22(10-8-20)38-39(34,35)36)17-21-18-26-30(4)13-6-12-29(2,3)25(30)11-14-31(26,5)27(19)21/h7-10,15,17,24-26H,6,11-14,16,18,32H2,1-5H3,(H2,34,35,36)/t24?,25?,26-,30+,31?/m1/s1. The number of hydrogen-bond donors (Lipinski definition) is 3. The molecule has 2 fully saturated rings. The third-order valence-electron chi connectivity index (χ3n) is 10.3. The lowest BCUT2D eigenvalue weighted by molar-refractivity contribution is -0.135. The number of ether oxygens (including phenoxy) is 1. The number of phosphoric acid groups is 1. The van der Waals surface area contributed by atoms with Crippen LogP contribution in [0, 0.1) is 29.6 Å². The molecule has 4 N–H and O–H groups in total. The van der Waals surface area contributed by atoms with E-state index in [9.17, 15) is 9.36 Å². The van der Waals surface area contributed by atoms with Crippen LogP contribution in [-0.2, 0) is 27.6 Å². The molecule has 0 aliphatic heterocycles. The molecule has 0 radical (unpaired) electrons. The van der Waals surface area contributed by atoms with Crippen molar-refractivity contribution in [2.24, 2.45) is 28.4 Å². The molecule has 5 rings (SSSR count). The molecule has 0 amide bonds. The second kappa shape index (κ2) is 9.73. The third-order valence-corrected chi connectivity index (χ3v) is 10.8. The topological polar surface area (TPSA) is 119 Å². The first-order valence-electron chi connectivity index (χ1n) is 14.1. The van der Waals surface area contributed by atoms with E-state index >= 15 is 0 Å². The molecule has 3 aliphatic carbocycles. The van der Waals surface area contributed by atoms with Gasteiger partial charge in [0, 0.05) is 0 Å². The van der Waals surface area contributed by atoms with Crippen LogP contribution in [0.25, 0.3) is 0 Å².